The van der Waals surface area contributed by atoms with Gasteiger partial charge in [-0.1, -0.05) is 48.5 Å². The average Bonchev–Trinajstić information content (AvgIpc) is 3.05. The van der Waals surface area contributed by atoms with Gasteiger partial charge in [0.2, 0.25) is 0 Å². The summed E-state index contributed by atoms with van der Waals surface area (Å²) in [6.07, 6.45) is 0. The summed E-state index contributed by atoms with van der Waals surface area (Å²) in [4.78, 5) is -1.44. The molecule has 6 rings (SSSR count). The number of hydrogen-bond donors (Lipinski definition) is 6. The number of nitrogens with zero attached hydrogens (tertiary/aromatic N) is 4. The van der Waals surface area contributed by atoms with Crippen LogP contribution in [-0.4, -0.2) is 36.2 Å². The van der Waals surface area contributed by atoms with Crippen molar-refractivity contribution in [3.8, 4) is 22.6 Å². The minimum atomic E-state index is -4.85. The van der Waals surface area contributed by atoms with E-state index in [1.807, 2.05) is 52.0 Å². The Morgan fingerprint density at radius 2 is 0.750 bits per heavy atom. The molecule has 0 aliphatic rings. The van der Waals surface area contributed by atoms with Gasteiger partial charge in [0.1, 0.15) is 9.79 Å². The summed E-state index contributed by atoms with van der Waals surface area (Å²) in [5.41, 5.74) is 17.2. The van der Waals surface area contributed by atoms with E-state index >= 15 is 0 Å². The zero-order valence-corrected chi connectivity index (χ0v) is 29.7. The number of aromatic hydroxyl groups is 2. The zero-order chi connectivity index (χ0) is 37.9. The van der Waals surface area contributed by atoms with E-state index in [0.29, 0.717) is 33.6 Å². The number of benzene rings is 6. The number of phenols is 2. The predicted molar refractivity (Wildman–Crippen MR) is 199 cm³/mol. The van der Waals surface area contributed by atoms with E-state index in [1.165, 1.54) is 12.1 Å². The molecule has 0 aliphatic heterocycles. The zero-order valence-electron chi connectivity index (χ0n) is 28.1. The molecule has 6 aromatic rings. The third-order valence-electron chi connectivity index (χ3n) is 8.64. The second-order valence-corrected chi connectivity index (χ2v) is 15.0. The van der Waals surface area contributed by atoms with E-state index in [1.54, 1.807) is 36.4 Å². The second kappa shape index (κ2) is 13.0. The van der Waals surface area contributed by atoms with Crippen LogP contribution in [0.15, 0.2) is 103 Å². The fourth-order valence-electron chi connectivity index (χ4n) is 6.30. The van der Waals surface area contributed by atoms with Crippen LogP contribution in [0.25, 0.3) is 32.7 Å². The second-order valence-electron chi connectivity index (χ2n) is 12.2. The first-order chi connectivity index (χ1) is 24.4. The lowest BCUT2D eigenvalue weighted by molar-refractivity contribution is 0.444. The van der Waals surface area contributed by atoms with Crippen molar-refractivity contribution in [1.29, 1.82) is 0 Å². The van der Waals surface area contributed by atoms with Crippen molar-refractivity contribution < 1.29 is 36.2 Å². The summed E-state index contributed by atoms with van der Waals surface area (Å²) < 4.78 is 68.5. The van der Waals surface area contributed by atoms with Gasteiger partial charge in [0.25, 0.3) is 20.2 Å². The molecule has 0 aliphatic carbocycles. The van der Waals surface area contributed by atoms with Gasteiger partial charge in [-0.3, -0.25) is 9.11 Å². The largest absolute Gasteiger partial charge is 0.504 e. The molecule has 0 saturated heterocycles. The molecule has 8 N–H and O–H groups in total. The molecular weight excluding hydrogens is 709 g/mol. The molecule has 266 valence electrons. The summed E-state index contributed by atoms with van der Waals surface area (Å²) in [5.74, 6) is -1.65. The van der Waals surface area contributed by atoms with E-state index in [2.05, 4.69) is 20.5 Å². The Bertz CT molecular complexity index is 2550. The molecule has 0 radical (unpaired) electrons. The van der Waals surface area contributed by atoms with Gasteiger partial charge in [-0.15, -0.1) is 20.5 Å². The van der Waals surface area contributed by atoms with Crippen LogP contribution in [0.5, 0.6) is 11.5 Å². The number of aryl methyl sites for hydroxylation is 4. The van der Waals surface area contributed by atoms with Crippen LogP contribution < -0.4 is 11.5 Å². The van der Waals surface area contributed by atoms with Crippen LogP contribution in [0.3, 0.4) is 0 Å². The molecule has 6 aromatic carbocycles. The highest BCUT2D eigenvalue weighted by atomic mass is 32.2. The average molecular weight is 741 g/mol. The monoisotopic (exact) mass is 740 g/mol. The minimum Gasteiger partial charge on any atom is -0.504 e. The first kappa shape index (κ1) is 35.9. The highest BCUT2D eigenvalue weighted by Crippen LogP contribution is 2.48. The van der Waals surface area contributed by atoms with Crippen molar-refractivity contribution in [2.45, 2.75) is 37.5 Å². The first-order valence-electron chi connectivity index (χ1n) is 15.5. The third-order valence-corrected chi connectivity index (χ3v) is 10.5. The topological polar surface area (TPSA) is 251 Å². The molecule has 0 bridgehead atoms. The van der Waals surface area contributed by atoms with Crippen LogP contribution in [0.2, 0.25) is 0 Å². The Morgan fingerprint density at radius 1 is 0.481 bits per heavy atom. The van der Waals surface area contributed by atoms with Gasteiger partial charge in [-0.2, -0.15) is 16.8 Å². The Morgan fingerprint density at radius 3 is 1.04 bits per heavy atom. The minimum absolute atomic E-state index is 0.0169. The van der Waals surface area contributed by atoms with Crippen molar-refractivity contribution >= 4 is 75.9 Å². The maximum absolute atomic E-state index is 12.2. The van der Waals surface area contributed by atoms with Gasteiger partial charge in [0.05, 0.1) is 22.7 Å². The van der Waals surface area contributed by atoms with Crippen LogP contribution in [0.1, 0.15) is 22.3 Å². The fraction of sp³-hybridized carbons (Fsp3) is 0.111. The summed E-state index contributed by atoms with van der Waals surface area (Å²) in [6, 6.07) is 19.7. The molecule has 14 nitrogen and oxygen atoms in total. The molecule has 0 saturated carbocycles. The number of rotatable bonds is 7. The van der Waals surface area contributed by atoms with Crippen molar-refractivity contribution in [3.05, 3.63) is 95.1 Å². The van der Waals surface area contributed by atoms with Crippen LogP contribution >= 0.6 is 0 Å². The van der Waals surface area contributed by atoms with Gasteiger partial charge in [0, 0.05) is 21.5 Å². The van der Waals surface area contributed by atoms with E-state index in [0.717, 1.165) is 11.1 Å². The van der Waals surface area contributed by atoms with E-state index in [9.17, 15) is 36.2 Å². The summed E-state index contributed by atoms with van der Waals surface area (Å²) in [6.45, 7) is 7.23. The molecule has 52 heavy (non-hydrogen) atoms. The number of fused-ring (bicyclic) bond motifs is 2. The van der Waals surface area contributed by atoms with Gasteiger partial charge in [-0.05, 0) is 85.3 Å². The lowest BCUT2D eigenvalue weighted by Crippen LogP contribution is -2.02. The Hall–Kier alpha value is -5.94. The standard InChI is InChI=1S/C36H32N6O8S2/c1-17-13-21(14-18(2)29(17)39-41-31-27(37)23-9-5-7-11-25(23)35(33(31)43)51(45,46)47)22-15-19(3)30(20(4)16-22)40-42-32-28(38)24-10-6-8-12-26(24)36(34(32)44)52(48,49)50/h5-16,43-44H,37-38H2,1-4H3,(H,45,46,47)(H,48,49,50). The number of hydrogen-bond acceptors (Lipinski definition) is 12. The SMILES string of the molecule is Cc1cc(-c2cc(C)c(N=Nc3c(O)c(S(=O)(=O)O)c4ccccc4c3N)c(C)c2)cc(C)c1N=Nc1c(O)c(S(=O)(=O)O)c2ccccc2c1N. The molecule has 0 spiro atoms. The van der Waals surface area contributed by atoms with Crippen molar-refractivity contribution in [1.82, 2.24) is 0 Å². The quantitative estimate of drug-likeness (QED) is 0.0515. The highest BCUT2D eigenvalue weighted by molar-refractivity contribution is 7.86. The Labute approximate surface area is 298 Å². The highest BCUT2D eigenvalue weighted by Gasteiger charge is 2.27. The van der Waals surface area contributed by atoms with Gasteiger partial charge < -0.3 is 21.7 Å². The Balaban J connectivity index is 1.37. The van der Waals surface area contributed by atoms with Crippen LogP contribution in [-0.2, 0) is 20.2 Å². The van der Waals surface area contributed by atoms with E-state index < -0.39 is 41.5 Å². The Kier molecular flexibility index (Phi) is 8.96. The molecule has 0 aromatic heterocycles. The fourth-order valence-corrected chi connectivity index (χ4v) is 7.89. The molecule has 0 amide bonds. The van der Waals surface area contributed by atoms with Crippen molar-refractivity contribution in [3.63, 3.8) is 0 Å². The molecular formula is C36H32N6O8S2. The van der Waals surface area contributed by atoms with E-state index in [-0.39, 0.29) is 44.3 Å². The van der Waals surface area contributed by atoms with Gasteiger partial charge in [0.15, 0.2) is 22.9 Å². The maximum atomic E-state index is 12.2. The number of nitrogens with two attached hydrogens (primary N) is 2. The van der Waals surface area contributed by atoms with Crippen LogP contribution in [0.4, 0.5) is 34.1 Å². The predicted octanol–water partition coefficient (Wildman–Crippen LogP) is 8.79. The summed E-state index contributed by atoms with van der Waals surface area (Å²) in [5, 5.41) is 39.2. The lowest BCUT2D eigenvalue weighted by atomic mass is 9.95. The smallest absolute Gasteiger partial charge is 0.298 e. The van der Waals surface area contributed by atoms with Crippen molar-refractivity contribution in [2.24, 2.45) is 20.5 Å². The number of nitrogen functional groups attached to an aromatic ring is 2. The third kappa shape index (κ3) is 6.28. The van der Waals surface area contributed by atoms with Gasteiger partial charge in [-0.25, -0.2) is 0 Å². The van der Waals surface area contributed by atoms with Crippen LogP contribution in [0, 0.1) is 27.7 Å². The number of anilines is 2. The van der Waals surface area contributed by atoms with E-state index in [4.69, 9.17) is 11.5 Å². The first-order valence-corrected chi connectivity index (χ1v) is 18.4. The molecule has 0 atom stereocenters. The van der Waals surface area contributed by atoms with Crippen molar-refractivity contribution in [2.75, 3.05) is 11.5 Å². The maximum Gasteiger partial charge on any atom is 0.298 e. The van der Waals surface area contributed by atoms with Gasteiger partial charge >= 0.3 is 0 Å². The number of phenolic OH excluding ortho intramolecular Hbond substituents is 2. The number of azo groups is 2. The molecule has 16 heteroatoms. The summed E-state index contributed by atoms with van der Waals surface area (Å²) >= 11 is 0. The molecule has 0 unspecified atom stereocenters. The molecule has 0 heterocycles. The summed E-state index contributed by atoms with van der Waals surface area (Å²) in [7, 11) is -9.70. The molecule has 0 fully saturated rings. The lowest BCUT2D eigenvalue weighted by Gasteiger charge is -2.14. The normalized spacial score (nSPS) is 12.5.